The second-order valence-electron chi connectivity index (χ2n) is 8.93. The molecule has 1 aliphatic heterocycles. The Morgan fingerprint density at radius 1 is 1.30 bits per heavy atom. The highest BCUT2D eigenvalue weighted by Gasteiger charge is 2.18. The van der Waals surface area contributed by atoms with Crippen LogP contribution in [-0.4, -0.2) is 36.0 Å². The van der Waals surface area contributed by atoms with Crippen molar-refractivity contribution in [3.63, 3.8) is 0 Å². The van der Waals surface area contributed by atoms with Crippen LogP contribution in [0.25, 0.3) is 0 Å². The lowest BCUT2D eigenvalue weighted by molar-refractivity contribution is -0.123. The zero-order valence-corrected chi connectivity index (χ0v) is 18.7. The zero-order valence-electron chi connectivity index (χ0n) is 18.7. The summed E-state index contributed by atoms with van der Waals surface area (Å²) in [6.07, 6.45) is 4.21. The van der Waals surface area contributed by atoms with Gasteiger partial charge in [0.1, 0.15) is 5.75 Å². The maximum Gasteiger partial charge on any atom is 0.277 e. The molecule has 1 aliphatic rings. The lowest BCUT2D eigenvalue weighted by atomic mass is 9.87. The molecular weight excluding hydrogens is 378 g/mol. The molecule has 3 rings (SSSR count). The summed E-state index contributed by atoms with van der Waals surface area (Å²) in [5.74, 6) is 0.374. The van der Waals surface area contributed by atoms with Crippen LogP contribution >= 0.6 is 0 Å². The minimum Gasteiger partial charge on any atom is -0.484 e. The first-order valence-corrected chi connectivity index (χ1v) is 10.6. The van der Waals surface area contributed by atoms with Crippen LogP contribution in [-0.2, 0) is 21.5 Å². The smallest absolute Gasteiger partial charge is 0.277 e. The van der Waals surface area contributed by atoms with E-state index in [1.54, 1.807) is 6.21 Å². The Bertz CT molecular complexity index is 886. The highest BCUT2D eigenvalue weighted by molar-refractivity contribution is 5.84. The van der Waals surface area contributed by atoms with Gasteiger partial charge in [0.25, 0.3) is 5.91 Å². The van der Waals surface area contributed by atoms with E-state index in [1.165, 1.54) is 5.56 Å². The van der Waals surface area contributed by atoms with Crippen molar-refractivity contribution >= 4 is 12.1 Å². The molecule has 2 aromatic rings. The normalized spacial score (nSPS) is 16.9. The van der Waals surface area contributed by atoms with Crippen LogP contribution in [0, 0.1) is 13.8 Å². The van der Waals surface area contributed by atoms with Gasteiger partial charge in [-0.15, -0.1) is 0 Å². The molecule has 1 N–H and O–H groups in total. The first-order valence-electron chi connectivity index (χ1n) is 10.6. The van der Waals surface area contributed by atoms with E-state index in [4.69, 9.17) is 9.47 Å². The highest BCUT2D eigenvalue weighted by atomic mass is 16.5. The molecule has 0 unspecified atom stereocenters. The molecule has 1 saturated heterocycles. The maximum absolute atomic E-state index is 12.0. The van der Waals surface area contributed by atoms with E-state index in [0.29, 0.717) is 5.75 Å². The summed E-state index contributed by atoms with van der Waals surface area (Å²) in [6, 6.07) is 9.91. The summed E-state index contributed by atoms with van der Waals surface area (Å²) in [6.45, 7) is 12.3. The number of amides is 1. The van der Waals surface area contributed by atoms with Gasteiger partial charge in [-0.3, -0.25) is 4.79 Å². The Morgan fingerprint density at radius 2 is 2.03 bits per heavy atom. The number of aryl methyl sites for hydroxylation is 1. The lowest BCUT2D eigenvalue weighted by Gasteiger charge is -2.19. The summed E-state index contributed by atoms with van der Waals surface area (Å²) in [7, 11) is 0. The van der Waals surface area contributed by atoms with Gasteiger partial charge < -0.3 is 14.0 Å². The molecule has 0 bridgehead atoms. The second-order valence-corrected chi connectivity index (χ2v) is 8.93. The zero-order chi connectivity index (χ0) is 21.7. The first kappa shape index (κ1) is 22.1. The van der Waals surface area contributed by atoms with E-state index in [0.717, 1.165) is 42.9 Å². The third-order valence-corrected chi connectivity index (χ3v) is 5.51. The molecule has 0 radical (unpaired) electrons. The van der Waals surface area contributed by atoms with Crippen LogP contribution in [0.3, 0.4) is 0 Å². The Kier molecular flexibility index (Phi) is 6.98. The largest absolute Gasteiger partial charge is 0.484 e. The van der Waals surface area contributed by atoms with E-state index < -0.39 is 0 Å². The van der Waals surface area contributed by atoms with Crippen LogP contribution < -0.4 is 10.2 Å². The van der Waals surface area contributed by atoms with Gasteiger partial charge in [-0.1, -0.05) is 32.9 Å². The van der Waals surface area contributed by atoms with Crippen molar-refractivity contribution in [1.82, 2.24) is 9.99 Å². The lowest BCUT2D eigenvalue weighted by Crippen LogP contribution is -2.24. The van der Waals surface area contributed by atoms with Crippen molar-refractivity contribution < 1.29 is 14.3 Å². The van der Waals surface area contributed by atoms with Gasteiger partial charge in [0.05, 0.1) is 12.3 Å². The molecule has 1 aromatic heterocycles. The topological polar surface area (TPSA) is 64.8 Å². The number of hydrazone groups is 1. The van der Waals surface area contributed by atoms with Gasteiger partial charge in [0.2, 0.25) is 0 Å². The fourth-order valence-electron chi connectivity index (χ4n) is 3.64. The number of carbonyl (C=O) groups excluding carboxylic acids is 1. The minimum absolute atomic E-state index is 0.0791. The average molecular weight is 412 g/mol. The minimum atomic E-state index is -0.292. The molecule has 0 aliphatic carbocycles. The number of benzene rings is 1. The average Bonchev–Trinajstić information content (AvgIpc) is 3.30. The van der Waals surface area contributed by atoms with Crippen LogP contribution in [0.5, 0.6) is 5.75 Å². The number of nitrogens with one attached hydrogen (secondary N) is 1. The van der Waals surface area contributed by atoms with Crippen LogP contribution in [0.15, 0.2) is 35.4 Å². The van der Waals surface area contributed by atoms with E-state index in [2.05, 4.69) is 55.8 Å². The molecular formula is C24H33N3O3. The van der Waals surface area contributed by atoms with Crippen LogP contribution in [0.2, 0.25) is 0 Å². The summed E-state index contributed by atoms with van der Waals surface area (Å²) >= 11 is 0. The Hall–Kier alpha value is -2.60. The van der Waals surface area contributed by atoms with Crippen LogP contribution in [0.1, 0.15) is 56.1 Å². The number of carbonyl (C=O) groups is 1. The molecule has 6 nitrogen and oxygen atoms in total. The third kappa shape index (κ3) is 5.72. The molecule has 0 saturated carbocycles. The predicted octanol–water partition coefficient (Wildman–Crippen LogP) is 4.11. The fraction of sp³-hybridized carbons (Fsp3) is 0.500. The Balaban J connectivity index is 1.49. The summed E-state index contributed by atoms with van der Waals surface area (Å²) in [5, 5.41) is 4.10. The number of hydrogen-bond acceptors (Lipinski definition) is 4. The van der Waals surface area contributed by atoms with Gasteiger partial charge in [-0.05, 0) is 55.9 Å². The molecule has 162 valence electrons. The van der Waals surface area contributed by atoms with Crippen molar-refractivity contribution in [1.29, 1.82) is 0 Å². The van der Waals surface area contributed by atoms with E-state index in [1.807, 2.05) is 24.3 Å². The predicted molar refractivity (Wildman–Crippen MR) is 119 cm³/mol. The van der Waals surface area contributed by atoms with Gasteiger partial charge in [0.15, 0.2) is 6.61 Å². The SMILES string of the molecule is Cc1cc(/C=N\NC(=O)COc2ccc(C(C)(C)C)cc2)c(C)n1C[C@@H]1CCCO1. The van der Waals surface area contributed by atoms with Gasteiger partial charge in [0, 0.05) is 30.1 Å². The van der Waals surface area contributed by atoms with Gasteiger partial charge in [-0.25, -0.2) is 5.43 Å². The number of hydrogen-bond donors (Lipinski definition) is 1. The fourth-order valence-corrected chi connectivity index (χ4v) is 3.64. The summed E-state index contributed by atoms with van der Waals surface area (Å²) in [5.41, 5.74) is 7.12. The molecule has 0 spiro atoms. The molecule has 1 atom stereocenters. The summed E-state index contributed by atoms with van der Waals surface area (Å²) < 4.78 is 13.6. The first-order chi connectivity index (χ1) is 14.2. The molecule has 30 heavy (non-hydrogen) atoms. The van der Waals surface area contributed by atoms with Crippen molar-refractivity contribution in [2.24, 2.45) is 5.10 Å². The monoisotopic (exact) mass is 411 g/mol. The molecule has 6 heteroatoms. The van der Waals surface area contributed by atoms with E-state index in [-0.39, 0.29) is 24.0 Å². The van der Waals surface area contributed by atoms with Crippen molar-refractivity contribution in [2.45, 2.75) is 65.5 Å². The van der Waals surface area contributed by atoms with Gasteiger partial charge in [-0.2, -0.15) is 5.10 Å². The maximum atomic E-state index is 12.0. The number of rotatable bonds is 7. The standard InChI is InChI=1S/C24H33N3O3/c1-17-13-19(18(2)27(17)15-22-7-6-12-29-22)14-25-26-23(28)16-30-21-10-8-20(9-11-21)24(3,4)5/h8-11,13-14,22H,6-7,12,15-16H2,1-5H3,(H,26,28)/b25-14-/t22-/m0/s1. The van der Waals surface area contributed by atoms with Gasteiger partial charge >= 0.3 is 0 Å². The molecule has 1 aromatic carbocycles. The molecule has 2 heterocycles. The quantitative estimate of drug-likeness (QED) is 0.551. The highest BCUT2D eigenvalue weighted by Crippen LogP contribution is 2.24. The van der Waals surface area contributed by atoms with E-state index in [9.17, 15) is 4.79 Å². The van der Waals surface area contributed by atoms with E-state index >= 15 is 0 Å². The number of ether oxygens (including phenoxy) is 2. The molecule has 1 amide bonds. The Morgan fingerprint density at radius 3 is 2.67 bits per heavy atom. The second kappa shape index (κ2) is 9.47. The van der Waals surface area contributed by atoms with Crippen molar-refractivity contribution in [3.8, 4) is 5.75 Å². The Labute approximate surface area is 179 Å². The number of nitrogens with zero attached hydrogens (tertiary/aromatic N) is 2. The molecule has 1 fully saturated rings. The van der Waals surface area contributed by atoms with Crippen molar-refractivity contribution in [3.05, 3.63) is 52.8 Å². The third-order valence-electron chi connectivity index (χ3n) is 5.51. The number of aromatic nitrogens is 1. The summed E-state index contributed by atoms with van der Waals surface area (Å²) in [4.78, 5) is 12.0. The van der Waals surface area contributed by atoms with Crippen molar-refractivity contribution in [2.75, 3.05) is 13.2 Å². The van der Waals surface area contributed by atoms with Crippen LogP contribution in [0.4, 0.5) is 0 Å².